The Hall–Kier alpha value is -3.44. The minimum absolute atomic E-state index is 0.0451. The van der Waals surface area contributed by atoms with Gasteiger partial charge in [-0.1, -0.05) is 48.0 Å². The number of amides is 1. The number of pyridine rings is 1. The van der Waals surface area contributed by atoms with E-state index in [4.69, 9.17) is 16.0 Å². The van der Waals surface area contributed by atoms with E-state index in [1.807, 2.05) is 37.3 Å². The molecule has 0 bridgehead atoms. The Labute approximate surface area is 171 Å². The third-order valence-electron chi connectivity index (χ3n) is 5.16. The van der Waals surface area contributed by atoms with Crippen LogP contribution in [0.4, 0.5) is 5.82 Å². The number of carbonyl (C=O) groups is 1. The van der Waals surface area contributed by atoms with Gasteiger partial charge in [0.15, 0.2) is 5.43 Å². The van der Waals surface area contributed by atoms with E-state index < -0.39 is 6.04 Å². The van der Waals surface area contributed by atoms with Crippen LogP contribution in [0.2, 0.25) is 5.02 Å². The van der Waals surface area contributed by atoms with E-state index in [1.165, 1.54) is 4.90 Å². The number of fused-ring (bicyclic) bond motifs is 2. The molecule has 0 aliphatic carbocycles. The normalized spacial score (nSPS) is 15.7. The van der Waals surface area contributed by atoms with Gasteiger partial charge in [-0.05, 0) is 42.3 Å². The monoisotopic (exact) mass is 402 g/mol. The predicted octanol–water partition coefficient (Wildman–Crippen LogP) is 4.90. The number of rotatable bonds is 2. The van der Waals surface area contributed by atoms with Gasteiger partial charge in [-0.25, -0.2) is 4.98 Å². The Balaban J connectivity index is 1.84. The lowest BCUT2D eigenvalue weighted by Crippen LogP contribution is -2.30. The van der Waals surface area contributed by atoms with Crippen LogP contribution in [-0.4, -0.2) is 10.9 Å². The van der Waals surface area contributed by atoms with Crippen molar-refractivity contribution in [3.8, 4) is 0 Å². The maximum Gasteiger partial charge on any atom is 0.296 e. The average molecular weight is 403 g/mol. The van der Waals surface area contributed by atoms with Crippen molar-refractivity contribution >= 4 is 34.3 Å². The summed E-state index contributed by atoms with van der Waals surface area (Å²) in [6, 6.07) is 17.4. The standard InChI is InChI=1S/C23H15ClN2O3/c1-13-11-17-15(12-16(13)24)21(27)19-20(14-7-3-2-4-8-14)26(23(28)22(19)29-17)18-9-5-6-10-25-18/h2-12,20H,1H3/t20-/m1/s1. The van der Waals surface area contributed by atoms with E-state index in [0.717, 1.165) is 11.1 Å². The zero-order valence-electron chi connectivity index (χ0n) is 15.4. The molecule has 1 amide bonds. The molecule has 142 valence electrons. The highest BCUT2D eigenvalue weighted by Crippen LogP contribution is 2.40. The van der Waals surface area contributed by atoms with Crippen molar-refractivity contribution in [3.05, 3.63) is 105 Å². The van der Waals surface area contributed by atoms with Gasteiger partial charge in [0, 0.05) is 11.2 Å². The summed E-state index contributed by atoms with van der Waals surface area (Å²) >= 11 is 6.25. The lowest BCUT2D eigenvalue weighted by Gasteiger charge is -2.24. The van der Waals surface area contributed by atoms with Gasteiger partial charge < -0.3 is 4.42 Å². The largest absolute Gasteiger partial charge is 0.450 e. The number of anilines is 1. The Morgan fingerprint density at radius 3 is 2.52 bits per heavy atom. The summed E-state index contributed by atoms with van der Waals surface area (Å²) in [6.45, 7) is 1.82. The van der Waals surface area contributed by atoms with Crippen molar-refractivity contribution < 1.29 is 9.21 Å². The minimum atomic E-state index is -0.630. The molecule has 1 atom stereocenters. The van der Waals surface area contributed by atoms with Gasteiger partial charge in [-0.3, -0.25) is 14.5 Å². The van der Waals surface area contributed by atoms with Crippen LogP contribution in [0.25, 0.3) is 11.0 Å². The molecule has 0 spiro atoms. The van der Waals surface area contributed by atoms with Crippen molar-refractivity contribution in [1.29, 1.82) is 0 Å². The molecule has 2 aromatic heterocycles. The maximum absolute atomic E-state index is 13.5. The Morgan fingerprint density at radius 2 is 1.79 bits per heavy atom. The molecule has 6 heteroatoms. The third-order valence-corrected chi connectivity index (χ3v) is 5.57. The highest BCUT2D eigenvalue weighted by Gasteiger charge is 2.44. The number of hydrogen-bond donors (Lipinski definition) is 0. The van der Waals surface area contributed by atoms with Crippen LogP contribution in [0.5, 0.6) is 0 Å². The van der Waals surface area contributed by atoms with Crippen LogP contribution in [0, 0.1) is 6.92 Å². The molecule has 0 radical (unpaired) electrons. The molecule has 4 aromatic rings. The fourth-order valence-electron chi connectivity index (χ4n) is 3.78. The van der Waals surface area contributed by atoms with Gasteiger partial charge in [0.05, 0.1) is 17.0 Å². The Bertz CT molecular complexity index is 1320. The number of carbonyl (C=O) groups excluding carboxylic acids is 1. The lowest BCUT2D eigenvalue weighted by atomic mass is 9.98. The fourth-order valence-corrected chi connectivity index (χ4v) is 3.94. The SMILES string of the molecule is Cc1cc2oc3c(c(=O)c2cc1Cl)[C@@H](c1ccccc1)N(c1ccccn1)C3=O. The molecular formula is C23H15ClN2O3. The molecule has 0 saturated heterocycles. The molecule has 3 heterocycles. The van der Waals surface area contributed by atoms with Crippen molar-refractivity contribution in [2.24, 2.45) is 0 Å². The Kier molecular flexibility index (Phi) is 4.00. The molecule has 1 aliphatic heterocycles. The van der Waals surface area contributed by atoms with Gasteiger partial charge in [0.25, 0.3) is 5.91 Å². The van der Waals surface area contributed by atoms with Crippen molar-refractivity contribution in [1.82, 2.24) is 4.98 Å². The van der Waals surface area contributed by atoms with Gasteiger partial charge in [0.2, 0.25) is 5.76 Å². The van der Waals surface area contributed by atoms with Crippen LogP contribution < -0.4 is 10.3 Å². The fraction of sp³-hybridized carbons (Fsp3) is 0.0870. The lowest BCUT2D eigenvalue weighted by molar-refractivity contribution is 0.0970. The first-order chi connectivity index (χ1) is 14.1. The van der Waals surface area contributed by atoms with E-state index in [0.29, 0.717) is 27.4 Å². The van der Waals surface area contributed by atoms with E-state index in [9.17, 15) is 9.59 Å². The summed E-state index contributed by atoms with van der Waals surface area (Å²) in [5, 5.41) is 0.836. The van der Waals surface area contributed by atoms with Crippen molar-refractivity contribution in [2.45, 2.75) is 13.0 Å². The Morgan fingerprint density at radius 1 is 1.03 bits per heavy atom. The molecule has 0 fully saturated rings. The second-order valence-corrected chi connectivity index (χ2v) is 7.36. The number of halogens is 1. The molecule has 1 aliphatic rings. The quantitative estimate of drug-likeness (QED) is 0.478. The second kappa shape index (κ2) is 6.57. The van der Waals surface area contributed by atoms with Crippen LogP contribution in [0.1, 0.15) is 33.3 Å². The summed E-state index contributed by atoms with van der Waals surface area (Å²) in [4.78, 5) is 32.7. The highest BCUT2D eigenvalue weighted by molar-refractivity contribution is 6.32. The van der Waals surface area contributed by atoms with Crippen LogP contribution in [-0.2, 0) is 0 Å². The molecule has 5 rings (SSSR count). The highest BCUT2D eigenvalue weighted by atomic mass is 35.5. The molecule has 0 N–H and O–H groups in total. The molecule has 0 saturated carbocycles. The van der Waals surface area contributed by atoms with Crippen molar-refractivity contribution in [2.75, 3.05) is 4.90 Å². The van der Waals surface area contributed by atoms with E-state index in [2.05, 4.69) is 4.98 Å². The van der Waals surface area contributed by atoms with Crippen molar-refractivity contribution in [3.63, 3.8) is 0 Å². The summed E-state index contributed by atoms with van der Waals surface area (Å²) in [5.74, 6) is 0.110. The first-order valence-corrected chi connectivity index (χ1v) is 9.50. The molecular weight excluding hydrogens is 388 g/mol. The smallest absolute Gasteiger partial charge is 0.296 e. The summed E-state index contributed by atoms with van der Waals surface area (Å²) in [5.41, 5.74) is 1.96. The molecule has 0 unspecified atom stereocenters. The number of nitrogens with zero attached hydrogens (tertiary/aromatic N) is 2. The second-order valence-electron chi connectivity index (χ2n) is 6.95. The minimum Gasteiger partial charge on any atom is -0.450 e. The summed E-state index contributed by atoms with van der Waals surface area (Å²) in [6.07, 6.45) is 1.61. The number of benzene rings is 2. The topological polar surface area (TPSA) is 63.4 Å². The first-order valence-electron chi connectivity index (χ1n) is 9.12. The van der Waals surface area contributed by atoms with Crippen LogP contribution >= 0.6 is 11.6 Å². The van der Waals surface area contributed by atoms with E-state index in [1.54, 1.807) is 36.5 Å². The van der Waals surface area contributed by atoms with Gasteiger partial charge in [-0.15, -0.1) is 0 Å². The molecule has 2 aromatic carbocycles. The zero-order chi connectivity index (χ0) is 20.1. The van der Waals surface area contributed by atoms with Crippen LogP contribution in [0.15, 0.2) is 76.1 Å². The van der Waals surface area contributed by atoms with Gasteiger partial charge >= 0.3 is 0 Å². The summed E-state index contributed by atoms with van der Waals surface area (Å²) < 4.78 is 5.96. The number of aromatic nitrogens is 1. The molecule has 29 heavy (non-hydrogen) atoms. The average Bonchev–Trinajstić information content (AvgIpc) is 3.04. The number of aryl methyl sites for hydroxylation is 1. The van der Waals surface area contributed by atoms with E-state index in [-0.39, 0.29) is 17.1 Å². The number of hydrogen-bond acceptors (Lipinski definition) is 4. The van der Waals surface area contributed by atoms with Gasteiger partial charge in [0.1, 0.15) is 11.4 Å². The van der Waals surface area contributed by atoms with Gasteiger partial charge in [-0.2, -0.15) is 0 Å². The zero-order valence-corrected chi connectivity index (χ0v) is 16.2. The summed E-state index contributed by atoms with van der Waals surface area (Å²) in [7, 11) is 0. The third kappa shape index (κ3) is 2.66. The van der Waals surface area contributed by atoms with E-state index >= 15 is 0 Å². The molecule has 5 nitrogen and oxygen atoms in total. The first kappa shape index (κ1) is 17.6. The predicted molar refractivity (Wildman–Crippen MR) is 112 cm³/mol. The maximum atomic E-state index is 13.5. The van der Waals surface area contributed by atoms with Crippen LogP contribution in [0.3, 0.4) is 0 Å².